The van der Waals surface area contributed by atoms with E-state index in [2.05, 4.69) is 9.52 Å². The highest BCUT2D eigenvalue weighted by molar-refractivity contribution is 7.47. The molecule has 1 fully saturated rings. The largest absolute Gasteiger partial charge is 0.376 e. The summed E-state index contributed by atoms with van der Waals surface area (Å²) in [5, 5.41) is 27.8. The molecule has 1 aromatic carbocycles. The molecule has 1 aromatic rings. The first kappa shape index (κ1) is 24.2. The van der Waals surface area contributed by atoms with E-state index in [-0.39, 0.29) is 5.92 Å². The zero-order valence-electron chi connectivity index (χ0n) is 19.8. The lowest BCUT2D eigenvalue weighted by atomic mass is 9.88. The SMILES string of the molecule is CC1(C)CC(C=NCC(ON=S)c2ccc3c(c2)C(C)(C)N([O])C3(C)C)C(C)(C)N1[O]. The molecule has 8 heteroatoms. The Morgan fingerprint density at radius 2 is 1.68 bits per heavy atom. The van der Waals surface area contributed by atoms with Gasteiger partial charge in [-0.3, -0.25) is 4.99 Å². The van der Waals surface area contributed by atoms with Gasteiger partial charge in [0.1, 0.15) is 0 Å². The van der Waals surface area contributed by atoms with Gasteiger partial charge in [-0.1, -0.05) is 12.1 Å². The van der Waals surface area contributed by atoms with Crippen molar-refractivity contribution in [3.05, 3.63) is 34.9 Å². The van der Waals surface area contributed by atoms with Crippen molar-refractivity contribution in [2.24, 2.45) is 15.4 Å². The molecule has 2 heterocycles. The molecule has 0 aliphatic carbocycles. The van der Waals surface area contributed by atoms with Gasteiger partial charge in [-0.15, -0.1) is 20.5 Å². The number of hydroxylamine groups is 4. The monoisotopic (exact) mass is 446 g/mol. The lowest BCUT2D eigenvalue weighted by Gasteiger charge is -2.32. The summed E-state index contributed by atoms with van der Waals surface area (Å²) in [6, 6.07) is 5.96. The number of nitrogens with zero attached hydrogens (tertiary/aromatic N) is 4. The first-order valence-electron chi connectivity index (χ1n) is 10.8. The summed E-state index contributed by atoms with van der Waals surface area (Å²) < 4.78 is 3.48. The first-order chi connectivity index (χ1) is 14.2. The van der Waals surface area contributed by atoms with E-state index in [0.29, 0.717) is 6.54 Å². The number of hydrogen-bond acceptors (Lipinski definition) is 6. The van der Waals surface area contributed by atoms with E-state index in [1.165, 1.54) is 5.06 Å². The van der Waals surface area contributed by atoms with Crippen molar-refractivity contribution in [2.45, 2.75) is 90.1 Å². The van der Waals surface area contributed by atoms with Crippen LogP contribution in [0.4, 0.5) is 0 Å². The zero-order valence-corrected chi connectivity index (χ0v) is 20.6. The highest BCUT2D eigenvalue weighted by Crippen LogP contribution is 2.49. The molecule has 3 rings (SSSR count). The lowest BCUT2D eigenvalue weighted by Crippen LogP contribution is -2.46. The standard InChI is InChI=1S/C23H34N4O3S/c1-20(2)12-16(21(3,4)26(20)28)13-24-14-19(30-25-31)15-9-10-17-18(11-15)23(7,8)27(29)22(17,5)6/h9-11,13,16,19H,12,14H2,1-8H3. The van der Waals surface area contributed by atoms with Crippen LogP contribution in [-0.4, -0.2) is 34.0 Å². The molecule has 170 valence electrons. The van der Waals surface area contributed by atoms with E-state index in [0.717, 1.165) is 28.2 Å². The predicted octanol–water partition coefficient (Wildman–Crippen LogP) is 4.82. The molecule has 2 radical (unpaired) electrons. The normalized spacial score (nSPS) is 27.4. The third kappa shape index (κ3) is 3.93. The predicted molar refractivity (Wildman–Crippen MR) is 121 cm³/mol. The number of hydrogen-bond donors (Lipinski definition) is 0. The summed E-state index contributed by atoms with van der Waals surface area (Å²) in [5.74, 6) is 0.0369. The Morgan fingerprint density at radius 1 is 1.06 bits per heavy atom. The topological polar surface area (TPSA) is 80.2 Å². The van der Waals surface area contributed by atoms with Gasteiger partial charge in [-0.05, 0) is 89.1 Å². The zero-order chi connectivity index (χ0) is 23.4. The van der Waals surface area contributed by atoms with Crippen LogP contribution in [0.2, 0.25) is 0 Å². The second-order valence-electron chi connectivity index (χ2n) is 11.0. The van der Waals surface area contributed by atoms with Gasteiger partial charge in [-0.2, -0.15) is 0 Å². The van der Waals surface area contributed by atoms with Crippen molar-refractivity contribution in [1.29, 1.82) is 0 Å². The fourth-order valence-corrected chi connectivity index (χ4v) is 5.40. The molecule has 0 aromatic heterocycles. The van der Waals surface area contributed by atoms with Crippen molar-refractivity contribution >= 4 is 18.6 Å². The van der Waals surface area contributed by atoms with Gasteiger partial charge < -0.3 is 4.84 Å². The molecule has 2 aliphatic heterocycles. The van der Waals surface area contributed by atoms with Crippen molar-refractivity contribution in [3.63, 3.8) is 0 Å². The highest BCUT2D eigenvalue weighted by Gasteiger charge is 2.52. The number of rotatable bonds is 6. The second-order valence-corrected chi connectivity index (χ2v) is 11.1. The fourth-order valence-electron chi connectivity index (χ4n) is 5.29. The third-order valence-corrected chi connectivity index (χ3v) is 7.26. The maximum Gasteiger partial charge on any atom is 0.173 e. The minimum Gasteiger partial charge on any atom is -0.376 e. The van der Waals surface area contributed by atoms with Gasteiger partial charge in [0.05, 0.1) is 35.6 Å². The van der Waals surface area contributed by atoms with E-state index in [4.69, 9.17) is 17.3 Å². The third-order valence-electron chi connectivity index (χ3n) is 7.18. The fraction of sp³-hybridized carbons (Fsp3) is 0.696. The van der Waals surface area contributed by atoms with Crippen molar-refractivity contribution in [1.82, 2.24) is 10.1 Å². The minimum absolute atomic E-state index is 0.0369. The van der Waals surface area contributed by atoms with E-state index in [1.54, 1.807) is 0 Å². The van der Waals surface area contributed by atoms with E-state index < -0.39 is 28.3 Å². The van der Waals surface area contributed by atoms with Crippen LogP contribution >= 0.6 is 0 Å². The summed E-state index contributed by atoms with van der Waals surface area (Å²) in [6.07, 6.45) is 2.16. The van der Waals surface area contributed by atoms with Crippen LogP contribution in [0, 0.1) is 5.92 Å². The Bertz CT molecular complexity index is 882. The molecule has 2 atom stereocenters. The maximum absolute atomic E-state index is 12.9. The first-order valence-corrected chi connectivity index (χ1v) is 11.1. The van der Waals surface area contributed by atoms with Crippen LogP contribution in [-0.2, 0) is 38.8 Å². The Labute approximate surface area is 191 Å². The second kappa shape index (κ2) is 7.85. The van der Waals surface area contributed by atoms with Crippen LogP contribution in [0.25, 0.3) is 0 Å². The van der Waals surface area contributed by atoms with Crippen LogP contribution in [0.15, 0.2) is 27.7 Å². The number of fused-ring (bicyclic) bond motifs is 1. The van der Waals surface area contributed by atoms with E-state index >= 15 is 0 Å². The molecule has 0 bridgehead atoms. The van der Waals surface area contributed by atoms with Crippen LogP contribution in [0.3, 0.4) is 0 Å². The van der Waals surface area contributed by atoms with Gasteiger partial charge in [0.15, 0.2) is 6.10 Å². The molecular weight excluding hydrogens is 412 g/mol. The average Bonchev–Trinajstić information content (AvgIpc) is 2.93. The van der Waals surface area contributed by atoms with Crippen LogP contribution in [0.1, 0.15) is 84.6 Å². The molecule has 31 heavy (non-hydrogen) atoms. The van der Waals surface area contributed by atoms with E-state index in [9.17, 15) is 10.4 Å². The molecule has 0 spiro atoms. The van der Waals surface area contributed by atoms with E-state index in [1.807, 2.05) is 79.8 Å². The van der Waals surface area contributed by atoms with Crippen LogP contribution < -0.4 is 0 Å². The Hall–Kier alpha value is -1.45. The summed E-state index contributed by atoms with van der Waals surface area (Å²) in [4.78, 5) is 10.1. The van der Waals surface area contributed by atoms with Crippen LogP contribution in [0.5, 0.6) is 0 Å². The smallest absolute Gasteiger partial charge is 0.173 e. The van der Waals surface area contributed by atoms with Crippen molar-refractivity contribution in [3.8, 4) is 0 Å². The van der Waals surface area contributed by atoms with Crippen molar-refractivity contribution in [2.75, 3.05) is 6.54 Å². The average molecular weight is 447 g/mol. The molecule has 0 amide bonds. The summed E-state index contributed by atoms with van der Waals surface area (Å²) in [5.41, 5.74) is 0.678. The van der Waals surface area contributed by atoms with Gasteiger partial charge in [0.25, 0.3) is 0 Å². The Balaban J connectivity index is 1.84. The minimum atomic E-state index is -0.648. The molecule has 7 nitrogen and oxygen atoms in total. The maximum atomic E-state index is 12.9. The molecule has 0 saturated carbocycles. The summed E-state index contributed by atoms with van der Waals surface area (Å²) >= 11 is 4.71. The lowest BCUT2D eigenvalue weighted by molar-refractivity contribution is -0.266. The quantitative estimate of drug-likeness (QED) is 0.464. The van der Waals surface area contributed by atoms with Gasteiger partial charge in [-0.25, -0.2) is 0 Å². The summed E-state index contributed by atoms with van der Waals surface area (Å²) in [7, 11) is 0. The molecule has 2 aliphatic rings. The molecule has 1 saturated heterocycles. The van der Waals surface area contributed by atoms with Crippen molar-refractivity contribution < 1.29 is 15.3 Å². The molecule has 2 unspecified atom stereocenters. The van der Waals surface area contributed by atoms with Gasteiger partial charge in [0.2, 0.25) is 0 Å². The number of aliphatic imine (C=N–C) groups is 1. The summed E-state index contributed by atoms with van der Waals surface area (Å²) in [6.45, 7) is 15.9. The Kier molecular flexibility index (Phi) is 6.13. The molecular formula is C23H34N4O3S. The number of benzene rings is 1. The highest BCUT2D eigenvalue weighted by atomic mass is 32.1. The van der Waals surface area contributed by atoms with Gasteiger partial charge >= 0.3 is 0 Å². The van der Waals surface area contributed by atoms with Gasteiger partial charge in [0, 0.05) is 17.7 Å². The molecule has 0 N–H and O–H groups in total. The Morgan fingerprint density at radius 3 is 2.23 bits per heavy atom.